The second kappa shape index (κ2) is 10.3. The fraction of sp³-hybridized carbons (Fsp3) is 0.440. The van der Waals surface area contributed by atoms with Crippen LogP contribution in [-0.2, 0) is 12.8 Å². The van der Waals surface area contributed by atoms with Crippen LogP contribution in [0.2, 0.25) is 0 Å². The minimum absolute atomic E-state index is 0.664. The first-order chi connectivity index (χ1) is 12.4. The molecule has 1 aliphatic rings. The van der Waals surface area contributed by atoms with Crippen molar-refractivity contribution in [3.63, 3.8) is 0 Å². The van der Waals surface area contributed by atoms with Gasteiger partial charge in [-0.3, -0.25) is 0 Å². The Hall–Kier alpha value is -1.09. The highest BCUT2D eigenvalue weighted by atomic mass is 127. The largest absolute Gasteiger partial charge is 0.103 e. The monoisotopic (exact) mass is 460 g/mol. The maximum Gasteiger partial charge on any atom is 0.0162 e. The summed E-state index contributed by atoms with van der Waals surface area (Å²) in [4.78, 5) is 0. The van der Waals surface area contributed by atoms with Crippen molar-refractivity contribution in [3.05, 3.63) is 81.0 Å². The van der Waals surface area contributed by atoms with E-state index in [1.807, 2.05) is 6.08 Å². The number of hydrogen-bond donors (Lipinski definition) is 0. The fourth-order valence-corrected chi connectivity index (χ4v) is 4.40. The van der Waals surface area contributed by atoms with E-state index in [1.165, 1.54) is 44.3 Å². The van der Waals surface area contributed by atoms with Crippen LogP contribution < -0.4 is 0 Å². The van der Waals surface area contributed by atoms with Crippen molar-refractivity contribution in [1.82, 2.24) is 0 Å². The Morgan fingerprint density at radius 3 is 2.77 bits per heavy atom. The first kappa shape index (κ1) is 21.2. The molecule has 0 radical (unpaired) electrons. The summed E-state index contributed by atoms with van der Waals surface area (Å²) in [6.45, 7) is 15.2. The first-order valence-corrected chi connectivity index (χ1v) is 11.0. The highest BCUT2D eigenvalue weighted by molar-refractivity contribution is 14.1. The Morgan fingerprint density at radius 2 is 2.12 bits per heavy atom. The van der Waals surface area contributed by atoms with Gasteiger partial charge in [0.2, 0.25) is 0 Å². The summed E-state index contributed by atoms with van der Waals surface area (Å²) in [7, 11) is 0. The predicted molar refractivity (Wildman–Crippen MR) is 125 cm³/mol. The van der Waals surface area contributed by atoms with Crippen LogP contribution in [-0.4, -0.2) is 0 Å². The lowest BCUT2D eigenvalue weighted by molar-refractivity contribution is 0.473. The number of hydrogen-bond acceptors (Lipinski definition) is 0. The molecule has 1 heteroatoms. The van der Waals surface area contributed by atoms with E-state index >= 15 is 0 Å². The lowest BCUT2D eigenvalue weighted by Gasteiger charge is -2.24. The van der Waals surface area contributed by atoms with Gasteiger partial charge in [-0.1, -0.05) is 57.7 Å². The van der Waals surface area contributed by atoms with Gasteiger partial charge in [0.25, 0.3) is 0 Å². The standard InChI is InChI=1S/C25H33I/c1-6-8-9-23-16-21(11-13-25(23)26)15-19(5)24-17-20(14-18(3)4)10-12-22(24)7-2/h6,11-13,16-18,20H,1,5,7-10,14-15H2,2-4H3/t20-/m0/s1. The first-order valence-electron chi connectivity index (χ1n) is 9.92. The molecule has 0 bridgehead atoms. The molecule has 0 heterocycles. The average molecular weight is 460 g/mol. The summed E-state index contributed by atoms with van der Waals surface area (Å²) in [6.07, 6.45) is 13.6. The number of halogens is 1. The molecular formula is C25H33I. The molecule has 1 aliphatic carbocycles. The topological polar surface area (TPSA) is 0 Å². The fourth-order valence-electron chi connectivity index (χ4n) is 3.79. The molecule has 1 atom stereocenters. The Bertz CT molecular complexity index is 703. The smallest absolute Gasteiger partial charge is 0.0162 e. The molecule has 0 spiro atoms. The van der Waals surface area contributed by atoms with Crippen molar-refractivity contribution >= 4 is 22.6 Å². The minimum Gasteiger partial charge on any atom is -0.103 e. The summed E-state index contributed by atoms with van der Waals surface area (Å²) >= 11 is 2.44. The Kier molecular flexibility index (Phi) is 8.40. The van der Waals surface area contributed by atoms with E-state index in [2.05, 4.69) is 86.9 Å². The summed E-state index contributed by atoms with van der Waals surface area (Å²) in [5.74, 6) is 1.41. The summed E-state index contributed by atoms with van der Waals surface area (Å²) in [6, 6.07) is 6.87. The zero-order valence-corrected chi connectivity index (χ0v) is 18.8. The zero-order valence-electron chi connectivity index (χ0n) is 16.7. The molecule has 1 aromatic rings. The van der Waals surface area contributed by atoms with Gasteiger partial charge in [0.15, 0.2) is 0 Å². The molecule has 0 N–H and O–H groups in total. The van der Waals surface area contributed by atoms with Crippen molar-refractivity contribution in [2.24, 2.45) is 11.8 Å². The molecule has 26 heavy (non-hydrogen) atoms. The van der Waals surface area contributed by atoms with E-state index in [1.54, 1.807) is 0 Å². The third-order valence-electron chi connectivity index (χ3n) is 5.10. The van der Waals surface area contributed by atoms with Crippen LogP contribution >= 0.6 is 22.6 Å². The number of aryl methyl sites for hydroxylation is 1. The molecule has 0 amide bonds. The van der Waals surface area contributed by atoms with Gasteiger partial charge in [0.05, 0.1) is 0 Å². The second-order valence-corrected chi connectivity index (χ2v) is 8.98. The van der Waals surface area contributed by atoms with Crippen LogP contribution in [0.4, 0.5) is 0 Å². The van der Waals surface area contributed by atoms with Gasteiger partial charge in [-0.15, -0.1) is 6.58 Å². The minimum atomic E-state index is 0.664. The molecule has 0 saturated carbocycles. The average Bonchev–Trinajstić information content (AvgIpc) is 2.61. The molecule has 0 fully saturated rings. The summed E-state index contributed by atoms with van der Waals surface area (Å²) in [5, 5.41) is 0. The van der Waals surface area contributed by atoms with Crippen molar-refractivity contribution in [1.29, 1.82) is 0 Å². The van der Waals surface area contributed by atoms with Crippen molar-refractivity contribution < 1.29 is 0 Å². The third-order valence-corrected chi connectivity index (χ3v) is 6.15. The highest BCUT2D eigenvalue weighted by Gasteiger charge is 2.18. The van der Waals surface area contributed by atoms with E-state index in [0.717, 1.165) is 31.6 Å². The van der Waals surface area contributed by atoms with Crippen LogP contribution in [0.3, 0.4) is 0 Å². The van der Waals surface area contributed by atoms with E-state index in [9.17, 15) is 0 Å². The quantitative estimate of drug-likeness (QED) is 0.260. The van der Waals surface area contributed by atoms with Crippen molar-refractivity contribution in [2.75, 3.05) is 0 Å². The van der Waals surface area contributed by atoms with Gasteiger partial charge in [-0.25, -0.2) is 0 Å². The van der Waals surface area contributed by atoms with Crippen molar-refractivity contribution in [2.45, 2.75) is 59.3 Å². The molecule has 0 aromatic heterocycles. The van der Waals surface area contributed by atoms with Gasteiger partial charge in [-0.05, 0) is 107 Å². The summed E-state index contributed by atoms with van der Waals surface area (Å²) < 4.78 is 1.35. The molecule has 2 rings (SSSR count). The highest BCUT2D eigenvalue weighted by Crippen LogP contribution is 2.33. The van der Waals surface area contributed by atoms with Gasteiger partial charge in [0.1, 0.15) is 0 Å². The Balaban J connectivity index is 2.17. The van der Waals surface area contributed by atoms with Crippen molar-refractivity contribution in [3.8, 4) is 0 Å². The number of allylic oxidation sites excluding steroid dienone is 6. The van der Waals surface area contributed by atoms with Crippen LogP contribution in [0.15, 0.2) is 66.3 Å². The Labute approximate surface area is 174 Å². The predicted octanol–water partition coefficient (Wildman–Crippen LogP) is 7.84. The van der Waals surface area contributed by atoms with Gasteiger partial charge in [-0.2, -0.15) is 0 Å². The van der Waals surface area contributed by atoms with Crippen LogP contribution in [0.25, 0.3) is 0 Å². The SMILES string of the molecule is C=CCCc1cc(CC(=C)C2=C[C@H](CC(C)C)CC=C2CC)ccc1I. The molecule has 0 saturated heterocycles. The summed E-state index contributed by atoms with van der Waals surface area (Å²) in [5.41, 5.74) is 6.96. The lowest BCUT2D eigenvalue weighted by atomic mass is 9.81. The second-order valence-electron chi connectivity index (χ2n) is 7.82. The van der Waals surface area contributed by atoms with Gasteiger partial charge in [0, 0.05) is 3.57 Å². The Morgan fingerprint density at radius 1 is 1.35 bits per heavy atom. The maximum atomic E-state index is 4.47. The van der Waals surface area contributed by atoms with Crippen LogP contribution in [0, 0.1) is 15.4 Å². The molecule has 0 nitrogen and oxygen atoms in total. The van der Waals surface area contributed by atoms with E-state index in [0.29, 0.717) is 5.92 Å². The van der Waals surface area contributed by atoms with E-state index in [-0.39, 0.29) is 0 Å². The molecule has 1 aromatic carbocycles. The zero-order chi connectivity index (χ0) is 19.1. The van der Waals surface area contributed by atoms with Gasteiger partial charge >= 0.3 is 0 Å². The lowest BCUT2D eigenvalue weighted by Crippen LogP contribution is -2.09. The number of benzene rings is 1. The molecular weight excluding hydrogens is 427 g/mol. The molecule has 0 unspecified atom stereocenters. The third kappa shape index (κ3) is 5.97. The molecule has 140 valence electrons. The van der Waals surface area contributed by atoms with Crippen LogP contribution in [0.1, 0.15) is 57.6 Å². The van der Waals surface area contributed by atoms with E-state index < -0.39 is 0 Å². The van der Waals surface area contributed by atoms with E-state index in [4.69, 9.17) is 0 Å². The maximum absolute atomic E-state index is 4.47. The van der Waals surface area contributed by atoms with Crippen LogP contribution in [0.5, 0.6) is 0 Å². The number of rotatable bonds is 9. The normalized spacial score (nSPS) is 17.0. The molecule has 0 aliphatic heterocycles. The van der Waals surface area contributed by atoms with Gasteiger partial charge < -0.3 is 0 Å².